The van der Waals surface area contributed by atoms with Crippen LogP contribution in [0, 0.1) is 3.70 Å². The molecule has 0 spiro atoms. The molecule has 2 rings (SSSR count). The minimum Gasteiger partial charge on any atom is -0.384 e. The molecule has 0 radical (unpaired) electrons. The molecule has 2 aromatic heterocycles. The summed E-state index contributed by atoms with van der Waals surface area (Å²) in [6.45, 7) is 0.531. The topological polar surface area (TPSA) is 83.7 Å². The van der Waals surface area contributed by atoms with Gasteiger partial charge in [0.25, 0.3) is 5.56 Å². The number of ether oxygens (including phenoxy) is 1. The van der Waals surface area contributed by atoms with Gasteiger partial charge in [0.15, 0.2) is 5.52 Å². The van der Waals surface area contributed by atoms with Crippen LogP contribution in [-0.4, -0.2) is 33.9 Å². The van der Waals surface area contributed by atoms with Gasteiger partial charge in [-0.25, -0.2) is 4.98 Å². The predicted octanol–water partition coefficient (Wildman–Crippen LogP) is 0.440. The number of hydrogen-bond acceptors (Lipinski definition) is 4. The quantitative estimate of drug-likeness (QED) is 0.804. The molecule has 0 atom stereocenters. The van der Waals surface area contributed by atoms with Gasteiger partial charge in [0.2, 0.25) is 0 Å². The van der Waals surface area contributed by atoms with Crippen molar-refractivity contribution in [3.63, 3.8) is 0 Å². The Kier molecular flexibility index (Phi) is 3.00. The van der Waals surface area contributed by atoms with E-state index < -0.39 is 0 Å². The Balaban J connectivity index is 2.50. The van der Waals surface area contributed by atoms with Crippen LogP contribution in [0.1, 0.15) is 5.82 Å². The fourth-order valence-electron chi connectivity index (χ4n) is 1.25. The smallest absolute Gasteiger partial charge is 0.279 e. The van der Waals surface area contributed by atoms with Gasteiger partial charge in [-0.05, 0) is 22.6 Å². The number of rotatable bonds is 3. The van der Waals surface area contributed by atoms with E-state index in [4.69, 9.17) is 4.74 Å². The maximum absolute atomic E-state index is 11.6. The van der Waals surface area contributed by atoms with Gasteiger partial charge >= 0.3 is 0 Å². The third-order valence-corrected chi connectivity index (χ3v) is 2.71. The second-order valence-electron chi connectivity index (χ2n) is 2.99. The summed E-state index contributed by atoms with van der Waals surface area (Å²) in [6, 6.07) is 0. The molecule has 0 aromatic carbocycles. The van der Waals surface area contributed by atoms with Gasteiger partial charge < -0.3 is 9.72 Å². The minimum atomic E-state index is -0.217. The lowest BCUT2D eigenvalue weighted by Crippen LogP contribution is -2.13. The van der Waals surface area contributed by atoms with Crippen molar-refractivity contribution in [3.05, 3.63) is 19.9 Å². The number of nitrogens with zero attached hydrogens (tertiary/aromatic N) is 2. The highest BCUT2D eigenvalue weighted by Crippen LogP contribution is 2.11. The molecule has 0 amide bonds. The fraction of sp³-hybridized carbons (Fsp3) is 0.375. The molecule has 80 valence electrons. The van der Waals surface area contributed by atoms with Gasteiger partial charge in [0.1, 0.15) is 15.0 Å². The Morgan fingerprint density at radius 2 is 2.27 bits per heavy atom. The zero-order valence-corrected chi connectivity index (χ0v) is 10.2. The molecule has 0 aliphatic carbocycles. The van der Waals surface area contributed by atoms with Crippen molar-refractivity contribution in [1.82, 2.24) is 20.2 Å². The van der Waals surface area contributed by atoms with Crippen LogP contribution >= 0.6 is 22.6 Å². The van der Waals surface area contributed by atoms with E-state index in [1.807, 2.05) is 0 Å². The molecule has 0 aliphatic heterocycles. The number of nitrogens with one attached hydrogen (secondary N) is 2. The third kappa shape index (κ3) is 2.02. The number of fused-ring (bicyclic) bond motifs is 1. The van der Waals surface area contributed by atoms with Crippen molar-refractivity contribution >= 4 is 33.6 Å². The number of halogens is 1. The number of hydrogen-bond donors (Lipinski definition) is 2. The van der Waals surface area contributed by atoms with E-state index in [1.54, 1.807) is 7.11 Å². The second-order valence-corrected chi connectivity index (χ2v) is 4.07. The van der Waals surface area contributed by atoms with Crippen LogP contribution in [0.25, 0.3) is 11.0 Å². The number of H-pyrrole nitrogens is 2. The van der Waals surface area contributed by atoms with Crippen molar-refractivity contribution in [2.45, 2.75) is 6.42 Å². The SMILES string of the molecule is COCCc1nc2c(I)[nH]nc2c(=O)[nH]1. The molecule has 0 aliphatic rings. The van der Waals surface area contributed by atoms with Crippen molar-refractivity contribution in [2.24, 2.45) is 0 Å². The molecule has 2 aromatic rings. The molecule has 0 fully saturated rings. The average molecular weight is 320 g/mol. The Morgan fingerprint density at radius 3 is 3.00 bits per heavy atom. The predicted molar refractivity (Wildman–Crippen MR) is 62.8 cm³/mol. The molecule has 7 heteroatoms. The maximum atomic E-state index is 11.6. The van der Waals surface area contributed by atoms with Crippen LogP contribution in [0.5, 0.6) is 0 Å². The first-order valence-corrected chi connectivity index (χ1v) is 5.42. The minimum absolute atomic E-state index is 0.217. The largest absolute Gasteiger partial charge is 0.384 e. The summed E-state index contributed by atoms with van der Waals surface area (Å²) in [5, 5.41) is 6.59. The van der Waals surface area contributed by atoms with Crippen LogP contribution in [0.4, 0.5) is 0 Å². The molecule has 6 nitrogen and oxygen atoms in total. The lowest BCUT2D eigenvalue weighted by Gasteiger charge is -1.98. The average Bonchev–Trinajstić information content (AvgIpc) is 2.58. The van der Waals surface area contributed by atoms with E-state index in [1.165, 1.54) is 0 Å². The molecule has 0 saturated carbocycles. The number of aromatic amines is 2. The molecule has 0 saturated heterocycles. The van der Waals surface area contributed by atoms with E-state index in [0.29, 0.717) is 29.9 Å². The molecule has 2 heterocycles. The molecule has 15 heavy (non-hydrogen) atoms. The van der Waals surface area contributed by atoms with Crippen LogP contribution in [-0.2, 0) is 11.2 Å². The molecule has 2 N–H and O–H groups in total. The normalized spacial score (nSPS) is 11.1. The Labute approximate surface area is 98.6 Å². The van der Waals surface area contributed by atoms with Crippen LogP contribution in [0.15, 0.2) is 4.79 Å². The van der Waals surface area contributed by atoms with Crippen LogP contribution < -0.4 is 5.56 Å². The molecular formula is C8H9IN4O2. The summed E-state index contributed by atoms with van der Waals surface area (Å²) in [6.07, 6.45) is 0.586. The Morgan fingerprint density at radius 1 is 1.47 bits per heavy atom. The summed E-state index contributed by atoms with van der Waals surface area (Å²) in [4.78, 5) is 18.5. The molecule has 0 bridgehead atoms. The van der Waals surface area contributed by atoms with E-state index in [-0.39, 0.29) is 5.56 Å². The number of methoxy groups -OCH3 is 1. The van der Waals surface area contributed by atoms with Crippen molar-refractivity contribution in [3.8, 4) is 0 Å². The Hall–Kier alpha value is -0.960. The fourth-order valence-corrected chi connectivity index (χ4v) is 1.74. The first kappa shape index (κ1) is 10.6. The molecule has 0 unspecified atom stereocenters. The monoisotopic (exact) mass is 320 g/mol. The van der Waals surface area contributed by atoms with Crippen molar-refractivity contribution in [1.29, 1.82) is 0 Å². The highest BCUT2D eigenvalue weighted by molar-refractivity contribution is 14.1. The van der Waals surface area contributed by atoms with Gasteiger partial charge in [-0.3, -0.25) is 9.89 Å². The summed E-state index contributed by atoms with van der Waals surface area (Å²) in [5.41, 5.74) is 0.747. The van der Waals surface area contributed by atoms with Crippen LogP contribution in [0.2, 0.25) is 0 Å². The van der Waals surface area contributed by atoms with Crippen molar-refractivity contribution < 1.29 is 4.74 Å². The maximum Gasteiger partial charge on any atom is 0.279 e. The van der Waals surface area contributed by atoms with Crippen LogP contribution in [0.3, 0.4) is 0 Å². The zero-order valence-electron chi connectivity index (χ0n) is 8.00. The van der Waals surface area contributed by atoms with Gasteiger partial charge in [-0.15, -0.1) is 0 Å². The first-order valence-electron chi connectivity index (χ1n) is 4.34. The summed E-state index contributed by atoms with van der Waals surface area (Å²) < 4.78 is 5.69. The Bertz CT molecular complexity index is 533. The highest BCUT2D eigenvalue weighted by atomic mass is 127. The van der Waals surface area contributed by atoms with Gasteiger partial charge in [0, 0.05) is 13.5 Å². The van der Waals surface area contributed by atoms with Gasteiger partial charge in [-0.1, -0.05) is 0 Å². The second kappa shape index (κ2) is 4.27. The summed E-state index contributed by atoms with van der Waals surface area (Å²) in [5.74, 6) is 0.619. The third-order valence-electron chi connectivity index (χ3n) is 1.96. The number of aromatic nitrogens is 4. The lowest BCUT2D eigenvalue weighted by molar-refractivity contribution is 0.200. The summed E-state index contributed by atoms with van der Waals surface area (Å²) >= 11 is 2.06. The van der Waals surface area contributed by atoms with E-state index in [0.717, 1.165) is 3.70 Å². The highest BCUT2D eigenvalue weighted by Gasteiger charge is 2.09. The van der Waals surface area contributed by atoms with E-state index in [9.17, 15) is 4.79 Å². The van der Waals surface area contributed by atoms with E-state index >= 15 is 0 Å². The van der Waals surface area contributed by atoms with Crippen molar-refractivity contribution in [2.75, 3.05) is 13.7 Å². The van der Waals surface area contributed by atoms with E-state index in [2.05, 4.69) is 42.8 Å². The molecular weight excluding hydrogens is 311 g/mol. The lowest BCUT2D eigenvalue weighted by atomic mass is 10.4. The zero-order chi connectivity index (χ0) is 10.8. The van der Waals surface area contributed by atoms with Gasteiger partial charge in [-0.2, -0.15) is 5.10 Å². The standard InChI is InChI=1S/C8H9IN4O2/c1-15-3-2-4-10-5-6(8(14)11-4)12-13-7(5)9/h2-3H2,1H3,(H,12,13)(H,10,11,14). The summed E-state index contributed by atoms with van der Waals surface area (Å²) in [7, 11) is 1.61. The van der Waals surface area contributed by atoms with Gasteiger partial charge in [0.05, 0.1) is 6.61 Å². The first-order chi connectivity index (χ1) is 7.22.